The van der Waals surface area contributed by atoms with Gasteiger partial charge in [0, 0.05) is 38.0 Å². The molecule has 0 unspecified atom stereocenters. The molecule has 0 N–H and O–H groups in total. The highest BCUT2D eigenvalue weighted by atomic mass is 16.5. The zero-order chi connectivity index (χ0) is 15.6. The highest BCUT2D eigenvalue weighted by Crippen LogP contribution is 2.44. The first kappa shape index (κ1) is 14.9. The summed E-state index contributed by atoms with van der Waals surface area (Å²) in [6, 6.07) is 3.98. The van der Waals surface area contributed by atoms with Gasteiger partial charge in [-0.25, -0.2) is 0 Å². The molecule has 2 aliphatic carbocycles. The number of aromatic nitrogens is 1. The number of rotatable bonds is 5. The van der Waals surface area contributed by atoms with Crippen LogP contribution >= 0.6 is 0 Å². The lowest BCUT2D eigenvalue weighted by Gasteiger charge is -2.30. The Hall–Kier alpha value is -1.68. The SMILES string of the molecule is O=C([C@@H]1C[C@H]2C=C[C@H]1C2)N(Cc1cccnc1)C[C@@H]1CCCO1. The predicted octanol–water partition coefficient (Wildman–Crippen LogP) is 2.80. The van der Waals surface area contributed by atoms with Gasteiger partial charge >= 0.3 is 0 Å². The molecule has 1 aromatic rings. The molecule has 1 aromatic heterocycles. The van der Waals surface area contributed by atoms with Gasteiger partial charge < -0.3 is 9.64 Å². The van der Waals surface area contributed by atoms with Gasteiger partial charge in [0.25, 0.3) is 0 Å². The number of fused-ring (bicyclic) bond motifs is 2. The topological polar surface area (TPSA) is 42.4 Å². The van der Waals surface area contributed by atoms with E-state index < -0.39 is 0 Å². The van der Waals surface area contributed by atoms with Gasteiger partial charge in [0.1, 0.15) is 0 Å². The van der Waals surface area contributed by atoms with Crippen molar-refractivity contribution in [1.29, 1.82) is 0 Å². The molecule has 1 saturated carbocycles. The van der Waals surface area contributed by atoms with Crippen molar-refractivity contribution in [3.8, 4) is 0 Å². The van der Waals surface area contributed by atoms with Crippen LogP contribution in [0.3, 0.4) is 0 Å². The normalized spacial score (nSPS) is 31.7. The second kappa shape index (κ2) is 6.44. The van der Waals surface area contributed by atoms with E-state index >= 15 is 0 Å². The third-order valence-corrected chi connectivity index (χ3v) is 5.45. The first-order valence-electron chi connectivity index (χ1n) is 8.77. The van der Waals surface area contributed by atoms with Crippen LogP contribution in [0.1, 0.15) is 31.2 Å². The molecular formula is C19H24N2O2. The van der Waals surface area contributed by atoms with Crippen molar-refractivity contribution in [2.75, 3.05) is 13.2 Å². The minimum atomic E-state index is 0.170. The number of carbonyl (C=O) groups excluding carboxylic acids is 1. The van der Waals surface area contributed by atoms with E-state index in [1.54, 1.807) is 6.20 Å². The molecular weight excluding hydrogens is 288 g/mol. The molecule has 0 aromatic carbocycles. The lowest BCUT2D eigenvalue weighted by Crippen LogP contribution is -2.41. The maximum absolute atomic E-state index is 13.1. The molecule has 23 heavy (non-hydrogen) atoms. The molecule has 2 heterocycles. The molecule has 2 bridgehead atoms. The summed E-state index contributed by atoms with van der Waals surface area (Å²) < 4.78 is 5.77. The predicted molar refractivity (Wildman–Crippen MR) is 87.5 cm³/mol. The van der Waals surface area contributed by atoms with Crippen LogP contribution < -0.4 is 0 Å². The zero-order valence-corrected chi connectivity index (χ0v) is 13.4. The van der Waals surface area contributed by atoms with E-state index in [1.807, 2.05) is 23.2 Å². The number of nitrogens with zero attached hydrogens (tertiary/aromatic N) is 2. The van der Waals surface area contributed by atoms with Gasteiger partial charge in [-0.15, -0.1) is 0 Å². The van der Waals surface area contributed by atoms with Crippen molar-refractivity contribution < 1.29 is 9.53 Å². The standard InChI is InChI=1S/C19H24N2O2/c22-19(18-10-14-5-6-16(18)9-14)21(13-17-4-2-8-23-17)12-15-3-1-7-20-11-15/h1,3,5-7,11,14,16-18H,2,4,8-10,12-13H2/t14-,16-,17-,18+/m0/s1. The molecule has 0 spiro atoms. The summed E-state index contributed by atoms with van der Waals surface area (Å²) in [6.07, 6.45) is 12.7. The molecule has 1 aliphatic heterocycles. The minimum absolute atomic E-state index is 0.170. The first-order valence-corrected chi connectivity index (χ1v) is 8.77. The lowest BCUT2D eigenvalue weighted by atomic mass is 9.92. The summed E-state index contributed by atoms with van der Waals surface area (Å²) in [4.78, 5) is 19.3. The second-order valence-electron chi connectivity index (χ2n) is 7.10. The van der Waals surface area contributed by atoms with Crippen LogP contribution in [0.2, 0.25) is 0 Å². The fourth-order valence-corrected chi connectivity index (χ4v) is 4.28. The highest BCUT2D eigenvalue weighted by molar-refractivity contribution is 5.80. The molecule has 4 rings (SSSR count). The third-order valence-electron chi connectivity index (χ3n) is 5.45. The van der Waals surface area contributed by atoms with E-state index in [0.717, 1.165) is 37.9 Å². The number of allylic oxidation sites excluding steroid dienone is 2. The number of pyridine rings is 1. The zero-order valence-electron chi connectivity index (χ0n) is 13.4. The smallest absolute Gasteiger partial charge is 0.226 e. The Morgan fingerprint density at radius 1 is 1.35 bits per heavy atom. The largest absolute Gasteiger partial charge is 0.376 e. The second-order valence-corrected chi connectivity index (χ2v) is 7.10. The molecule has 1 amide bonds. The summed E-state index contributed by atoms with van der Waals surface area (Å²) in [5.41, 5.74) is 1.09. The van der Waals surface area contributed by atoms with Crippen LogP contribution in [0.5, 0.6) is 0 Å². The van der Waals surface area contributed by atoms with Crippen LogP contribution in [0.25, 0.3) is 0 Å². The summed E-state index contributed by atoms with van der Waals surface area (Å²) in [5.74, 6) is 1.55. The maximum atomic E-state index is 13.1. The van der Waals surface area contributed by atoms with E-state index in [9.17, 15) is 4.79 Å². The number of amides is 1. The van der Waals surface area contributed by atoms with Crippen LogP contribution in [0.15, 0.2) is 36.7 Å². The van der Waals surface area contributed by atoms with Gasteiger partial charge in [0.2, 0.25) is 5.91 Å². The van der Waals surface area contributed by atoms with Gasteiger partial charge in [-0.3, -0.25) is 9.78 Å². The Bertz CT molecular complexity index is 580. The molecule has 2 fully saturated rings. The average Bonchev–Trinajstić information content (AvgIpc) is 3.32. The van der Waals surface area contributed by atoms with Crippen molar-refractivity contribution in [2.45, 2.75) is 38.3 Å². The summed E-state index contributed by atoms with van der Waals surface area (Å²) >= 11 is 0. The fourth-order valence-electron chi connectivity index (χ4n) is 4.28. The Balaban J connectivity index is 1.49. The van der Waals surface area contributed by atoms with Crippen molar-refractivity contribution >= 4 is 5.91 Å². The van der Waals surface area contributed by atoms with E-state index in [4.69, 9.17) is 4.74 Å². The highest BCUT2D eigenvalue weighted by Gasteiger charge is 2.41. The summed E-state index contributed by atoms with van der Waals surface area (Å²) in [5, 5.41) is 0. The third kappa shape index (κ3) is 3.18. The Morgan fingerprint density at radius 3 is 2.96 bits per heavy atom. The maximum Gasteiger partial charge on any atom is 0.226 e. The van der Waals surface area contributed by atoms with Crippen molar-refractivity contribution in [1.82, 2.24) is 9.88 Å². The van der Waals surface area contributed by atoms with Gasteiger partial charge in [0.05, 0.1) is 6.10 Å². The van der Waals surface area contributed by atoms with Crippen LogP contribution in [-0.2, 0) is 16.1 Å². The molecule has 4 atom stereocenters. The Morgan fingerprint density at radius 2 is 2.30 bits per heavy atom. The van der Waals surface area contributed by atoms with E-state index in [2.05, 4.69) is 17.1 Å². The van der Waals surface area contributed by atoms with Gasteiger partial charge in [-0.05, 0) is 49.1 Å². The van der Waals surface area contributed by atoms with Gasteiger partial charge in [0.15, 0.2) is 0 Å². The average molecular weight is 312 g/mol. The van der Waals surface area contributed by atoms with E-state index in [1.165, 1.54) is 0 Å². The van der Waals surface area contributed by atoms with Crippen molar-refractivity contribution in [3.05, 3.63) is 42.2 Å². The fraction of sp³-hybridized carbons (Fsp3) is 0.579. The van der Waals surface area contributed by atoms with Gasteiger partial charge in [-0.2, -0.15) is 0 Å². The van der Waals surface area contributed by atoms with E-state index in [-0.39, 0.29) is 12.0 Å². The lowest BCUT2D eigenvalue weighted by molar-refractivity contribution is -0.138. The van der Waals surface area contributed by atoms with Crippen LogP contribution in [0, 0.1) is 17.8 Å². The summed E-state index contributed by atoms with van der Waals surface area (Å²) in [6.45, 7) is 2.19. The Labute approximate surface area is 137 Å². The number of carbonyl (C=O) groups is 1. The monoisotopic (exact) mass is 312 g/mol. The number of ether oxygens (including phenoxy) is 1. The molecule has 4 nitrogen and oxygen atoms in total. The van der Waals surface area contributed by atoms with Crippen LogP contribution in [-0.4, -0.2) is 35.0 Å². The molecule has 0 radical (unpaired) electrons. The first-order chi connectivity index (χ1) is 11.3. The molecule has 4 heteroatoms. The number of hydrogen-bond acceptors (Lipinski definition) is 3. The van der Waals surface area contributed by atoms with Gasteiger partial charge in [-0.1, -0.05) is 18.2 Å². The van der Waals surface area contributed by atoms with Crippen molar-refractivity contribution in [2.24, 2.45) is 17.8 Å². The molecule has 3 aliphatic rings. The van der Waals surface area contributed by atoms with Crippen molar-refractivity contribution in [3.63, 3.8) is 0 Å². The van der Waals surface area contributed by atoms with E-state index in [0.29, 0.717) is 30.8 Å². The molecule has 122 valence electrons. The van der Waals surface area contributed by atoms with Crippen LogP contribution in [0.4, 0.5) is 0 Å². The summed E-state index contributed by atoms with van der Waals surface area (Å²) in [7, 11) is 0. The Kier molecular flexibility index (Phi) is 4.17. The number of hydrogen-bond donors (Lipinski definition) is 0. The quantitative estimate of drug-likeness (QED) is 0.785. The molecule has 1 saturated heterocycles. The minimum Gasteiger partial charge on any atom is -0.376 e.